The Morgan fingerprint density at radius 1 is 1.22 bits per heavy atom. The van der Waals surface area contributed by atoms with Gasteiger partial charge in [-0.3, -0.25) is 4.79 Å². The van der Waals surface area contributed by atoms with E-state index in [1.807, 2.05) is 56.3 Å². The Bertz CT molecular complexity index is 572. The predicted octanol–water partition coefficient (Wildman–Crippen LogP) is 4.34. The van der Waals surface area contributed by atoms with Crippen molar-refractivity contribution in [2.75, 3.05) is 5.32 Å². The molecule has 2 nitrogen and oxygen atoms in total. The van der Waals surface area contributed by atoms with Crippen LogP contribution < -0.4 is 5.32 Å². The zero-order valence-electron chi connectivity index (χ0n) is 10.5. The molecule has 2 rings (SSSR count). The first-order valence-electron chi connectivity index (χ1n) is 6.03. The van der Waals surface area contributed by atoms with Crippen LogP contribution in [0.3, 0.4) is 0 Å². The van der Waals surface area contributed by atoms with Crippen LogP contribution >= 0.6 is 15.9 Å². The molecular weight excluding hydrogens is 290 g/mol. The van der Waals surface area contributed by atoms with Crippen LogP contribution in [-0.2, 0) is 4.79 Å². The molecule has 1 atom stereocenters. The predicted molar refractivity (Wildman–Crippen MR) is 80.2 cm³/mol. The fourth-order valence-electron chi connectivity index (χ4n) is 1.75. The van der Waals surface area contributed by atoms with Gasteiger partial charge in [-0.2, -0.15) is 0 Å². The molecule has 2 aromatic rings. The molecule has 1 unspecified atom stereocenters. The van der Waals surface area contributed by atoms with Gasteiger partial charge in [0, 0.05) is 11.1 Å². The van der Waals surface area contributed by atoms with Crippen LogP contribution in [-0.4, -0.2) is 10.2 Å². The number of benzene rings is 2. The Morgan fingerprint density at radius 2 is 1.89 bits per heavy atom. The molecule has 0 saturated heterocycles. The van der Waals surface area contributed by atoms with Gasteiger partial charge < -0.3 is 5.32 Å². The van der Waals surface area contributed by atoms with Crippen molar-refractivity contribution < 1.29 is 4.79 Å². The zero-order valence-corrected chi connectivity index (χ0v) is 12.1. The van der Waals surface area contributed by atoms with Crippen molar-refractivity contribution in [2.45, 2.75) is 24.6 Å². The number of hydrogen-bond donors (Lipinski definition) is 1. The molecule has 0 saturated carbocycles. The number of amides is 1. The van der Waals surface area contributed by atoms with Gasteiger partial charge in [-0.15, -0.1) is 0 Å². The maximum atomic E-state index is 12.2. The summed E-state index contributed by atoms with van der Waals surface area (Å²) in [5.74, 6) is -0.0126. The van der Waals surface area contributed by atoms with Gasteiger partial charge in [-0.25, -0.2) is 0 Å². The molecule has 18 heavy (non-hydrogen) atoms. The number of hydrogen-bond acceptors (Lipinski definition) is 1. The summed E-state index contributed by atoms with van der Waals surface area (Å²) in [7, 11) is 0. The van der Waals surface area contributed by atoms with E-state index in [0.29, 0.717) is 0 Å². The lowest BCUT2D eigenvalue weighted by Crippen LogP contribution is -2.33. The summed E-state index contributed by atoms with van der Waals surface area (Å²) >= 11 is 3.46. The van der Waals surface area contributed by atoms with Gasteiger partial charge in [0.15, 0.2) is 0 Å². The quantitative estimate of drug-likeness (QED) is 0.840. The molecule has 3 heteroatoms. The van der Waals surface area contributed by atoms with Crippen molar-refractivity contribution in [1.29, 1.82) is 0 Å². The smallest absolute Gasteiger partial charge is 0.240 e. The molecule has 0 aromatic heterocycles. The van der Waals surface area contributed by atoms with Gasteiger partial charge in [-0.1, -0.05) is 59.3 Å². The van der Waals surface area contributed by atoms with Gasteiger partial charge in [0.2, 0.25) is 5.91 Å². The number of rotatable bonds is 3. The van der Waals surface area contributed by atoms with E-state index in [1.165, 1.54) is 0 Å². The molecule has 1 N–H and O–H groups in total. The van der Waals surface area contributed by atoms with E-state index < -0.39 is 4.32 Å². The fraction of sp³-hybridized carbons (Fsp3) is 0.267. The van der Waals surface area contributed by atoms with E-state index in [-0.39, 0.29) is 5.91 Å². The third kappa shape index (κ3) is 2.56. The molecule has 0 spiro atoms. The maximum Gasteiger partial charge on any atom is 0.240 e. The standard InChI is InChI=1S/C15H16BrNO/c1-3-15(2,16)14(18)17-13-10-6-8-11-7-4-5-9-12(11)13/h4-10H,3H2,1-2H3,(H,17,18). The first kappa shape index (κ1) is 13.1. The summed E-state index contributed by atoms with van der Waals surface area (Å²) in [4.78, 5) is 12.2. The highest BCUT2D eigenvalue weighted by Gasteiger charge is 2.27. The number of carbonyl (C=O) groups is 1. The van der Waals surface area contributed by atoms with E-state index in [1.54, 1.807) is 0 Å². The summed E-state index contributed by atoms with van der Waals surface area (Å²) in [6.45, 7) is 3.87. The topological polar surface area (TPSA) is 29.1 Å². The molecule has 0 heterocycles. The Kier molecular flexibility index (Phi) is 3.71. The average molecular weight is 306 g/mol. The van der Waals surface area contributed by atoms with Gasteiger partial charge in [0.25, 0.3) is 0 Å². The molecular formula is C15H16BrNO. The lowest BCUT2D eigenvalue weighted by atomic mass is 10.1. The highest BCUT2D eigenvalue weighted by Crippen LogP contribution is 2.27. The van der Waals surface area contributed by atoms with Crippen LogP contribution in [0.5, 0.6) is 0 Å². The number of nitrogens with one attached hydrogen (secondary N) is 1. The average Bonchev–Trinajstić information content (AvgIpc) is 2.39. The van der Waals surface area contributed by atoms with Gasteiger partial charge in [0.05, 0.1) is 0 Å². The largest absolute Gasteiger partial charge is 0.324 e. The number of carbonyl (C=O) groups excluding carboxylic acids is 1. The normalized spacial score (nSPS) is 14.2. The summed E-state index contributed by atoms with van der Waals surface area (Å²) in [5, 5.41) is 5.18. The minimum atomic E-state index is -0.524. The van der Waals surface area contributed by atoms with E-state index in [0.717, 1.165) is 22.9 Å². The van der Waals surface area contributed by atoms with Crippen molar-refractivity contribution in [3.8, 4) is 0 Å². The van der Waals surface area contributed by atoms with Crippen LogP contribution in [0.1, 0.15) is 20.3 Å². The van der Waals surface area contributed by atoms with Crippen LogP contribution in [0, 0.1) is 0 Å². The van der Waals surface area contributed by atoms with Crippen molar-refractivity contribution in [1.82, 2.24) is 0 Å². The maximum absolute atomic E-state index is 12.2. The van der Waals surface area contributed by atoms with Crippen molar-refractivity contribution in [3.63, 3.8) is 0 Å². The van der Waals surface area contributed by atoms with E-state index in [9.17, 15) is 4.79 Å². The highest BCUT2D eigenvalue weighted by molar-refractivity contribution is 9.10. The van der Waals surface area contributed by atoms with Gasteiger partial charge in [-0.05, 0) is 24.8 Å². The minimum Gasteiger partial charge on any atom is -0.324 e. The fourth-order valence-corrected chi connectivity index (χ4v) is 1.85. The highest BCUT2D eigenvalue weighted by atomic mass is 79.9. The Hall–Kier alpha value is -1.35. The second-order valence-electron chi connectivity index (χ2n) is 4.53. The molecule has 0 aliphatic rings. The van der Waals surface area contributed by atoms with Gasteiger partial charge in [0.1, 0.15) is 4.32 Å². The van der Waals surface area contributed by atoms with E-state index >= 15 is 0 Å². The number of alkyl halides is 1. The van der Waals surface area contributed by atoms with Crippen LogP contribution in [0.15, 0.2) is 42.5 Å². The minimum absolute atomic E-state index is 0.0126. The summed E-state index contributed by atoms with van der Waals surface area (Å²) < 4.78 is -0.524. The Balaban J connectivity index is 2.36. The molecule has 94 valence electrons. The lowest BCUT2D eigenvalue weighted by Gasteiger charge is -2.20. The zero-order chi connectivity index (χ0) is 13.2. The second kappa shape index (κ2) is 5.11. The lowest BCUT2D eigenvalue weighted by molar-refractivity contribution is -0.117. The molecule has 0 radical (unpaired) electrons. The van der Waals surface area contributed by atoms with Gasteiger partial charge >= 0.3 is 0 Å². The van der Waals surface area contributed by atoms with E-state index in [2.05, 4.69) is 21.2 Å². The van der Waals surface area contributed by atoms with Crippen LogP contribution in [0.25, 0.3) is 10.8 Å². The SMILES string of the molecule is CCC(C)(Br)C(=O)Nc1cccc2ccccc12. The monoisotopic (exact) mass is 305 g/mol. The first-order valence-corrected chi connectivity index (χ1v) is 6.82. The third-order valence-electron chi connectivity index (χ3n) is 3.18. The summed E-state index contributed by atoms with van der Waals surface area (Å²) in [5.41, 5.74) is 0.859. The first-order chi connectivity index (χ1) is 8.54. The molecule has 2 aromatic carbocycles. The molecule has 0 bridgehead atoms. The van der Waals surface area contributed by atoms with Crippen LogP contribution in [0.4, 0.5) is 5.69 Å². The summed E-state index contributed by atoms with van der Waals surface area (Å²) in [6, 6.07) is 14.0. The number of fused-ring (bicyclic) bond motifs is 1. The Labute approximate surface area is 116 Å². The van der Waals surface area contributed by atoms with Crippen molar-refractivity contribution >= 4 is 38.3 Å². The molecule has 1 amide bonds. The van der Waals surface area contributed by atoms with Crippen LogP contribution in [0.2, 0.25) is 0 Å². The van der Waals surface area contributed by atoms with Crippen molar-refractivity contribution in [2.24, 2.45) is 0 Å². The summed E-state index contributed by atoms with van der Waals surface area (Å²) in [6.07, 6.45) is 0.740. The third-order valence-corrected chi connectivity index (χ3v) is 4.10. The van der Waals surface area contributed by atoms with Crippen molar-refractivity contribution in [3.05, 3.63) is 42.5 Å². The molecule has 0 fully saturated rings. The number of anilines is 1. The van der Waals surface area contributed by atoms with E-state index in [4.69, 9.17) is 0 Å². The second-order valence-corrected chi connectivity index (χ2v) is 6.28. The Morgan fingerprint density at radius 3 is 2.61 bits per heavy atom. The number of halogens is 1. The molecule has 0 aliphatic carbocycles. The molecule has 0 aliphatic heterocycles.